The largest absolute Gasteiger partial charge is 0.312 e. The van der Waals surface area contributed by atoms with Gasteiger partial charge in [0.05, 0.1) is 0 Å². The quantitative estimate of drug-likeness (QED) is 0.894. The van der Waals surface area contributed by atoms with Gasteiger partial charge in [-0.25, -0.2) is 0 Å². The van der Waals surface area contributed by atoms with Crippen LogP contribution in [0.2, 0.25) is 0 Å². The molecular formula is C19H30N2. The fourth-order valence-corrected chi connectivity index (χ4v) is 4.02. The van der Waals surface area contributed by atoms with Crippen molar-refractivity contribution in [2.75, 3.05) is 19.6 Å². The molecule has 116 valence electrons. The minimum absolute atomic E-state index is 0.670. The Bertz CT molecular complexity index is 449. The predicted octanol–water partition coefficient (Wildman–Crippen LogP) is 3.25. The van der Waals surface area contributed by atoms with Crippen molar-refractivity contribution in [1.82, 2.24) is 10.2 Å². The molecule has 1 fully saturated rings. The van der Waals surface area contributed by atoms with Crippen LogP contribution in [0.5, 0.6) is 0 Å². The zero-order valence-corrected chi connectivity index (χ0v) is 13.6. The maximum absolute atomic E-state index is 3.88. The first-order valence-electron chi connectivity index (χ1n) is 8.78. The van der Waals surface area contributed by atoms with Crippen LogP contribution in [-0.4, -0.2) is 36.6 Å². The summed E-state index contributed by atoms with van der Waals surface area (Å²) in [6.07, 6.45) is 6.52. The number of aryl methyl sites for hydroxylation is 1. The molecule has 1 aliphatic carbocycles. The minimum atomic E-state index is 0.670. The number of benzene rings is 1. The van der Waals surface area contributed by atoms with Gasteiger partial charge in [-0.05, 0) is 62.2 Å². The van der Waals surface area contributed by atoms with Gasteiger partial charge < -0.3 is 5.32 Å². The lowest BCUT2D eigenvalue weighted by Crippen LogP contribution is -2.47. The van der Waals surface area contributed by atoms with E-state index < -0.39 is 0 Å². The molecule has 1 heterocycles. The van der Waals surface area contributed by atoms with Crippen LogP contribution in [0.25, 0.3) is 0 Å². The number of hydrogen-bond acceptors (Lipinski definition) is 2. The van der Waals surface area contributed by atoms with E-state index in [0.29, 0.717) is 12.1 Å². The van der Waals surface area contributed by atoms with Gasteiger partial charge in [0.2, 0.25) is 0 Å². The molecule has 0 radical (unpaired) electrons. The number of fused-ring (bicyclic) bond motifs is 1. The van der Waals surface area contributed by atoms with Crippen LogP contribution in [0, 0.1) is 5.92 Å². The summed E-state index contributed by atoms with van der Waals surface area (Å²) in [5.74, 6) is 0.742. The monoisotopic (exact) mass is 286 g/mol. The molecule has 2 nitrogen and oxygen atoms in total. The lowest BCUT2D eigenvalue weighted by atomic mass is 9.88. The molecule has 3 rings (SSSR count). The summed E-state index contributed by atoms with van der Waals surface area (Å²) < 4.78 is 0. The molecule has 2 aliphatic rings. The Morgan fingerprint density at radius 2 is 1.86 bits per heavy atom. The molecule has 1 aliphatic heterocycles. The second kappa shape index (κ2) is 6.93. The van der Waals surface area contributed by atoms with Gasteiger partial charge in [-0.3, -0.25) is 4.90 Å². The Labute approximate surface area is 129 Å². The van der Waals surface area contributed by atoms with E-state index >= 15 is 0 Å². The average Bonchev–Trinajstić information content (AvgIpc) is 3.01. The molecule has 1 N–H and O–H groups in total. The number of rotatable bonds is 5. The average molecular weight is 286 g/mol. The number of hydrogen-bond donors (Lipinski definition) is 1. The topological polar surface area (TPSA) is 15.3 Å². The summed E-state index contributed by atoms with van der Waals surface area (Å²) in [4.78, 5) is 2.70. The summed E-state index contributed by atoms with van der Waals surface area (Å²) in [5, 5.41) is 3.88. The van der Waals surface area contributed by atoms with E-state index in [-0.39, 0.29) is 0 Å². The van der Waals surface area contributed by atoms with Crippen LogP contribution < -0.4 is 5.32 Å². The summed E-state index contributed by atoms with van der Waals surface area (Å²) in [6.45, 7) is 8.52. The molecule has 2 heteroatoms. The molecule has 0 saturated carbocycles. The molecule has 0 spiro atoms. The van der Waals surface area contributed by atoms with Crippen LogP contribution >= 0.6 is 0 Å². The Balaban J connectivity index is 1.55. The fourth-order valence-electron chi connectivity index (χ4n) is 4.02. The van der Waals surface area contributed by atoms with Crippen LogP contribution in [0.4, 0.5) is 0 Å². The van der Waals surface area contributed by atoms with Crippen molar-refractivity contribution in [3.63, 3.8) is 0 Å². The van der Waals surface area contributed by atoms with Crippen LogP contribution in [0.3, 0.4) is 0 Å². The van der Waals surface area contributed by atoms with E-state index in [4.69, 9.17) is 0 Å². The summed E-state index contributed by atoms with van der Waals surface area (Å²) in [5.41, 5.74) is 3.12. The molecular weight excluding hydrogens is 256 g/mol. The van der Waals surface area contributed by atoms with Crippen molar-refractivity contribution in [1.29, 1.82) is 0 Å². The maximum Gasteiger partial charge on any atom is 0.0243 e. The highest BCUT2D eigenvalue weighted by molar-refractivity contribution is 5.30. The predicted molar refractivity (Wildman–Crippen MR) is 89.7 cm³/mol. The van der Waals surface area contributed by atoms with E-state index in [1.54, 1.807) is 11.1 Å². The van der Waals surface area contributed by atoms with Gasteiger partial charge in [0.25, 0.3) is 0 Å². The number of nitrogens with zero attached hydrogens (tertiary/aromatic N) is 1. The van der Waals surface area contributed by atoms with Crippen LogP contribution in [-0.2, 0) is 12.8 Å². The van der Waals surface area contributed by atoms with Crippen molar-refractivity contribution in [3.05, 3.63) is 35.4 Å². The highest BCUT2D eigenvalue weighted by atomic mass is 15.2. The maximum atomic E-state index is 3.88. The summed E-state index contributed by atoms with van der Waals surface area (Å²) in [7, 11) is 0. The van der Waals surface area contributed by atoms with E-state index in [0.717, 1.165) is 12.5 Å². The third-order valence-electron chi connectivity index (χ3n) is 5.34. The molecule has 2 atom stereocenters. The summed E-state index contributed by atoms with van der Waals surface area (Å²) >= 11 is 0. The van der Waals surface area contributed by atoms with Gasteiger partial charge in [0.15, 0.2) is 0 Å². The van der Waals surface area contributed by atoms with Crippen LogP contribution in [0.15, 0.2) is 24.3 Å². The number of likely N-dealkylation sites (tertiary alicyclic amines) is 1. The molecule has 1 aromatic rings. The first kappa shape index (κ1) is 15.1. The van der Waals surface area contributed by atoms with Crippen molar-refractivity contribution >= 4 is 0 Å². The van der Waals surface area contributed by atoms with E-state index in [2.05, 4.69) is 48.3 Å². The minimum Gasteiger partial charge on any atom is -0.312 e. The Morgan fingerprint density at radius 3 is 2.57 bits per heavy atom. The molecule has 0 amide bonds. The Hall–Kier alpha value is -0.860. The molecule has 21 heavy (non-hydrogen) atoms. The first-order valence-corrected chi connectivity index (χ1v) is 8.78. The SMILES string of the molecule is CC(C)C(CNC1CCc2ccccc2C1)N1CCCC1. The lowest BCUT2D eigenvalue weighted by Gasteiger charge is -2.34. The highest BCUT2D eigenvalue weighted by Gasteiger charge is 2.26. The number of nitrogens with one attached hydrogen (secondary N) is 1. The van der Waals surface area contributed by atoms with Crippen molar-refractivity contribution in [3.8, 4) is 0 Å². The Morgan fingerprint density at radius 1 is 1.14 bits per heavy atom. The third kappa shape index (κ3) is 3.67. The second-order valence-electron chi connectivity index (χ2n) is 7.17. The van der Waals surface area contributed by atoms with E-state index in [9.17, 15) is 0 Å². The normalized spacial score (nSPS) is 24.2. The zero-order valence-electron chi connectivity index (χ0n) is 13.6. The second-order valence-corrected chi connectivity index (χ2v) is 7.17. The summed E-state index contributed by atoms with van der Waals surface area (Å²) in [6, 6.07) is 10.3. The van der Waals surface area contributed by atoms with Gasteiger partial charge in [-0.15, -0.1) is 0 Å². The van der Waals surface area contributed by atoms with Crippen molar-refractivity contribution < 1.29 is 0 Å². The van der Waals surface area contributed by atoms with Gasteiger partial charge in [0, 0.05) is 18.6 Å². The zero-order chi connectivity index (χ0) is 14.7. The highest BCUT2D eigenvalue weighted by Crippen LogP contribution is 2.22. The van der Waals surface area contributed by atoms with Gasteiger partial charge in [-0.1, -0.05) is 38.1 Å². The molecule has 2 unspecified atom stereocenters. The third-order valence-corrected chi connectivity index (χ3v) is 5.34. The molecule has 0 aromatic heterocycles. The van der Waals surface area contributed by atoms with Gasteiger partial charge >= 0.3 is 0 Å². The van der Waals surface area contributed by atoms with Crippen molar-refractivity contribution in [2.24, 2.45) is 5.92 Å². The van der Waals surface area contributed by atoms with Crippen molar-refractivity contribution in [2.45, 2.75) is 58.0 Å². The fraction of sp³-hybridized carbons (Fsp3) is 0.684. The van der Waals surface area contributed by atoms with E-state index in [1.807, 2.05) is 0 Å². The Kier molecular flexibility index (Phi) is 4.97. The smallest absolute Gasteiger partial charge is 0.0243 e. The molecule has 1 saturated heterocycles. The van der Waals surface area contributed by atoms with E-state index in [1.165, 1.54) is 45.2 Å². The van der Waals surface area contributed by atoms with Crippen LogP contribution in [0.1, 0.15) is 44.2 Å². The first-order chi connectivity index (χ1) is 10.2. The molecule has 0 bridgehead atoms. The molecule has 1 aromatic carbocycles. The lowest BCUT2D eigenvalue weighted by molar-refractivity contribution is 0.180. The standard InChI is InChI=1S/C19H30N2/c1-15(2)19(21-11-5-6-12-21)14-20-18-10-9-16-7-3-4-8-17(16)13-18/h3-4,7-8,15,18-20H,5-6,9-14H2,1-2H3. The van der Waals surface area contributed by atoms with Gasteiger partial charge in [0.1, 0.15) is 0 Å². The van der Waals surface area contributed by atoms with Gasteiger partial charge in [-0.2, -0.15) is 0 Å².